The van der Waals surface area contributed by atoms with Gasteiger partial charge in [0.15, 0.2) is 0 Å². The van der Waals surface area contributed by atoms with E-state index in [1.165, 1.54) is 0 Å². The lowest BCUT2D eigenvalue weighted by Gasteiger charge is -2.12. The highest BCUT2D eigenvalue weighted by Gasteiger charge is 2.14. The Labute approximate surface area is 94.9 Å². The first-order valence-electron chi connectivity index (χ1n) is 4.67. The van der Waals surface area contributed by atoms with Crippen LogP contribution in [0.15, 0.2) is 14.1 Å². The van der Waals surface area contributed by atoms with Gasteiger partial charge in [-0.2, -0.15) is 0 Å². The highest BCUT2D eigenvalue weighted by molar-refractivity contribution is 9.10. The van der Waals surface area contributed by atoms with E-state index >= 15 is 0 Å². The zero-order valence-electron chi connectivity index (χ0n) is 8.58. The van der Waals surface area contributed by atoms with E-state index in [2.05, 4.69) is 20.9 Å². The molecule has 0 aromatic carbocycles. The minimum absolute atomic E-state index is 0.162. The molecule has 2 N–H and O–H groups in total. The summed E-state index contributed by atoms with van der Waals surface area (Å²) < 4.78 is 1.35. The SMILES string of the molecule is CCC(C)n1c(=O)[nH]c(CO)c(Br)c1=O. The quantitative estimate of drug-likeness (QED) is 0.856. The number of aliphatic hydroxyl groups excluding tert-OH is 1. The second-order valence-corrected chi connectivity index (χ2v) is 4.11. The van der Waals surface area contributed by atoms with Crippen molar-refractivity contribution in [3.63, 3.8) is 0 Å². The topological polar surface area (TPSA) is 75.1 Å². The van der Waals surface area contributed by atoms with Gasteiger partial charge in [0.05, 0.1) is 12.3 Å². The number of H-pyrrole nitrogens is 1. The average Bonchev–Trinajstić information content (AvgIpc) is 2.23. The summed E-state index contributed by atoms with van der Waals surface area (Å²) in [4.78, 5) is 25.8. The summed E-state index contributed by atoms with van der Waals surface area (Å²) in [5, 5.41) is 8.91. The molecule has 1 atom stereocenters. The van der Waals surface area contributed by atoms with Crippen molar-refractivity contribution in [2.24, 2.45) is 0 Å². The van der Waals surface area contributed by atoms with Gasteiger partial charge in [-0.25, -0.2) is 4.79 Å². The number of nitrogens with zero attached hydrogens (tertiary/aromatic N) is 1. The molecule has 1 aromatic rings. The Bertz CT molecular complexity index is 463. The Balaban J connectivity index is 3.50. The molecule has 5 nitrogen and oxygen atoms in total. The van der Waals surface area contributed by atoms with E-state index in [1.54, 1.807) is 6.92 Å². The second kappa shape index (κ2) is 4.76. The second-order valence-electron chi connectivity index (χ2n) is 3.31. The molecule has 0 aliphatic heterocycles. The third-order valence-electron chi connectivity index (χ3n) is 2.34. The van der Waals surface area contributed by atoms with Gasteiger partial charge in [-0.1, -0.05) is 6.92 Å². The molecule has 0 aliphatic rings. The van der Waals surface area contributed by atoms with Crippen LogP contribution < -0.4 is 11.2 Å². The van der Waals surface area contributed by atoms with Crippen molar-refractivity contribution in [3.05, 3.63) is 31.0 Å². The van der Waals surface area contributed by atoms with Crippen LogP contribution in [0.5, 0.6) is 0 Å². The maximum atomic E-state index is 11.8. The molecule has 0 aliphatic carbocycles. The minimum atomic E-state index is -0.485. The largest absolute Gasteiger partial charge is 0.390 e. The summed E-state index contributed by atoms with van der Waals surface area (Å²) in [6, 6.07) is -0.162. The van der Waals surface area contributed by atoms with Gasteiger partial charge in [0.2, 0.25) is 0 Å². The number of halogens is 1. The lowest BCUT2D eigenvalue weighted by atomic mass is 10.2. The number of aromatic nitrogens is 2. The summed E-state index contributed by atoms with van der Waals surface area (Å²) in [6.07, 6.45) is 0.688. The molecule has 0 fully saturated rings. The van der Waals surface area contributed by atoms with Crippen LogP contribution in [0.2, 0.25) is 0 Å². The number of rotatable bonds is 3. The van der Waals surface area contributed by atoms with Crippen molar-refractivity contribution < 1.29 is 5.11 Å². The zero-order chi connectivity index (χ0) is 11.6. The van der Waals surface area contributed by atoms with Crippen molar-refractivity contribution in [1.82, 2.24) is 9.55 Å². The zero-order valence-corrected chi connectivity index (χ0v) is 10.2. The van der Waals surface area contributed by atoms with Gasteiger partial charge in [0, 0.05) is 6.04 Å². The third-order valence-corrected chi connectivity index (χ3v) is 3.16. The van der Waals surface area contributed by atoms with Crippen molar-refractivity contribution in [2.45, 2.75) is 32.9 Å². The van der Waals surface area contributed by atoms with Crippen molar-refractivity contribution in [2.75, 3.05) is 0 Å². The fourth-order valence-electron chi connectivity index (χ4n) is 1.26. The first kappa shape index (κ1) is 12.2. The van der Waals surface area contributed by atoms with Gasteiger partial charge in [0.1, 0.15) is 4.47 Å². The number of hydrogen-bond acceptors (Lipinski definition) is 3. The van der Waals surface area contributed by atoms with Crippen LogP contribution in [-0.2, 0) is 6.61 Å². The average molecular weight is 277 g/mol. The van der Waals surface area contributed by atoms with Crippen molar-refractivity contribution in [1.29, 1.82) is 0 Å². The fourth-order valence-corrected chi connectivity index (χ4v) is 1.68. The predicted molar refractivity (Wildman–Crippen MR) is 59.9 cm³/mol. The van der Waals surface area contributed by atoms with E-state index in [0.717, 1.165) is 4.57 Å². The van der Waals surface area contributed by atoms with Gasteiger partial charge >= 0.3 is 5.69 Å². The molecular weight excluding hydrogens is 264 g/mol. The molecule has 0 radical (unpaired) electrons. The summed E-state index contributed by atoms with van der Waals surface area (Å²) in [5.41, 5.74) is -0.677. The maximum absolute atomic E-state index is 11.8. The normalized spacial score (nSPS) is 12.8. The number of nitrogens with one attached hydrogen (secondary N) is 1. The fraction of sp³-hybridized carbons (Fsp3) is 0.556. The Morgan fingerprint density at radius 1 is 1.53 bits per heavy atom. The smallest absolute Gasteiger partial charge is 0.328 e. The first-order chi connectivity index (χ1) is 7.02. The Kier molecular flexibility index (Phi) is 3.87. The van der Waals surface area contributed by atoms with E-state index in [1.807, 2.05) is 6.92 Å². The van der Waals surface area contributed by atoms with Crippen LogP contribution >= 0.6 is 15.9 Å². The molecule has 1 heterocycles. The number of aliphatic hydroxyl groups is 1. The molecule has 1 unspecified atom stereocenters. The van der Waals surface area contributed by atoms with E-state index in [0.29, 0.717) is 6.42 Å². The summed E-state index contributed by atoms with van der Waals surface area (Å²) in [5.74, 6) is 0. The van der Waals surface area contributed by atoms with Gasteiger partial charge in [-0.3, -0.25) is 9.36 Å². The Morgan fingerprint density at radius 2 is 2.13 bits per heavy atom. The maximum Gasteiger partial charge on any atom is 0.328 e. The molecular formula is C9H13BrN2O3. The molecule has 0 bridgehead atoms. The molecule has 84 valence electrons. The van der Waals surface area contributed by atoms with Gasteiger partial charge in [-0.15, -0.1) is 0 Å². The standard InChI is InChI=1S/C9H13BrN2O3/c1-3-5(2)12-8(14)7(10)6(4-13)11-9(12)15/h5,13H,3-4H2,1-2H3,(H,11,15). The van der Waals surface area contributed by atoms with Gasteiger partial charge in [0.25, 0.3) is 5.56 Å². The predicted octanol–water partition coefficient (Wildman–Crippen LogP) is 0.762. The van der Waals surface area contributed by atoms with Crippen molar-refractivity contribution in [3.8, 4) is 0 Å². The summed E-state index contributed by atoms with van der Waals surface area (Å²) in [7, 11) is 0. The number of aromatic amines is 1. The highest BCUT2D eigenvalue weighted by atomic mass is 79.9. The molecule has 0 amide bonds. The van der Waals surface area contributed by atoms with E-state index in [-0.39, 0.29) is 22.8 Å². The lowest BCUT2D eigenvalue weighted by molar-refractivity contribution is 0.274. The molecule has 0 saturated carbocycles. The Hall–Kier alpha value is -0.880. The number of hydrogen-bond donors (Lipinski definition) is 2. The van der Waals surface area contributed by atoms with Crippen LogP contribution in [0.3, 0.4) is 0 Å². The molecule has 0 saturated heterocycles. The van der Waals surface area contributed by atoms with Gasteiger partial charge in [-0.05, 0) is 29.3 Å². The first-order valence-corrected chi connectivity index (χ1v) is 5.46. The molecule has 0 spiro atoms. The van der Waals surface area contributed by atoms with Crippen LogP contribution in [0.4, 0.5) is 0 Å². The molecule has 1 rings (SSSR count). The summed E-state index contributed by atoms with van der Waals surface area (Å²) in [6.45, 7) is 3.32. The van der Waals surface area contributed by atoms with Gasteiger partial charge < -0.3 is 10.1 Å². The minimum Gasteiger partial charge on any atom is -0.390 e. The summed E-state index contributed by atoms with van der Waals surface area (Å²) >= 11 is 3.06. The monoisotopic (exact) mass is 276 g/mol. The van der Waals surface area contributed by atoms with Crippen LogP contribution in [0.25, 0.3) is 0 Å². The van der Waals surface area contributed by atoms with Crippen molar-refractivity contribution >= 4 is 15.9 Å². The third kappa shape index (κ3) is 2.21. The van der Waals surface area contributed by atoms with Crippen LogP contribution in [0.1, 0.15) is 32.0 Å². The van der Waals surface area contributed by atoms with E-state index < -0.39 is 11.2 Å². The highest BCUT2D eigenvalue weighted by Crippen LogP contribution is 2.09. The molecule has 1 aromatic heterocycles. The van der Waals surface area contributed by atoms with E-state index in [4.69, 9.17) is 5.11 Å². The lowest BCUT2D eigenvalue weighted by Crippen LogP contribution is -2.38. The molecule has 6 heteroatoms. The van der Waals surface area contributed by atoms with E-state index in [9.17, 15) is 9.59 Å². The Morgan fingerprint density at radius 3 is 2.60 bits per heavy atom. The molecule has 15 heavy (non-hydrogen) atoms. The van der Waals surface area contributed by atoms with Crippen LogP contribution in [-0.4, -0.2) is 14.7 Å². The van der Waals surface area contributed by atoms with Crippen LogP contribution in [0, 0.1) is 0 Å².